The number of hydrogen-bond donors (Lipinski definition) is 11. The van der Waals surface area contributed by atoms with Gasteiger partial charge >= 0.3 is 7.82 Å². The third-order valence-corrected chi connectivity index (χ3v) is 11.0. The van der Waals surface area contributed by atoms with Gasteiger partial charge in [-0.15, -0.1) is 0 Å². The van der Waals surface area contributed by atoms with E-state index in [1.807, 2.05) is 13.8 Å². The van der Waals surface area contributed by atoms with Crippen LogP contribution < -0.4 is 27.2 Å². The molecule has 1 aromatic rings. The summed E-state index contributed by atoms with van der Waals surface area (Å²) in [6.07, 6.45) is 0.291. The van der Waals surface area contributed by atoms with E-state index in [4.69, 9.17) is 15.2 Å². The van der Waals surface area contributed by atoms with Crippen LogP contribution in [-0.2, 0) is 58.5 Å². The molecule has 0 radical (unpaired) electrons. The molecule has 11 N–H and O–H groups in total. The van der Waals surface area contributed by atoms with Crippen molar-refractivity contribution in [2.75, 3.05) is 51.9 Å². The molecule has 4 amide bonds. The van der Waals surface area contributed by atoms with Crippen molar-refractivity contribution in [3.63, 3.8) is 0 Å². The number of rotatable bonds is 31. The molecule has 2 heterocycles. The number of hydrogen-bond acceptors (Lipinski definition) is 17. The molecule has 0 aromatic carbocycles. The largest absolute Gasteiger partial charge is 0.469 e. The average molecular weight is 923 g/mol. The number of aliphatic hydroxyl groups excluding tert-OH is 1. The highest BCUT2D eigenvalue weighted by molar-refractivity contribution is 7.80. The number of nitrogens with two attached hydrogens (primary N) is 1. The second-order valence-corrected chi connectivity index (χ2v) is 17.0. The number of ether oxygens (including phenoxy) is 2. The first-order valence-corrected chi connectivity index (χ1v) is 22.3. The minimum Gasteiger partial charge on any atom is -0.394 e. The number of nitrogens with one attached hydrogen (secondary N) is 5. The van der Waals surface area contributed by atoms with Crippen LogP contribution in [0.1, 0.15) is 65.5 Å². The van der Waals surface area contributed by atoms with Gasteiger partial charge in [0.15, 0.2) is 11.6 Å². The zero-order valence-electron chi connectivity index (χ0n) is 35.4. The van der Waals surface area contributed by atoms with Crippen molar-refractivity contribution in [2.24, 2.45) is 23.5 Å². The topological polar surface area (TPSA) is 351 Å². The fourth-order valence-corrected chi connectivity index (χ4v) is 7.41. The average Bonchev–Trinajstić information content (AvgIpc) is 3.89. The number of phosphoric ester groups is 1. The van der Waals surface area contributed by atoms with Crippen molar-refractivity contribution in [3.05, 3.63) is 18.2 Å². The Hall–Kier alpha value is -3.68. The highest BCUT2D eigenvalue weighted by Gasteiger charge is 2.41. The Morgan fingerprint density at radius 2 is 1.66 bits per heavy atom. The summed E-state index contributed by atoms with van der Waals surface area (Å²) in [7, 11) is -5.02. The molecule has 0 saturated carbocycles. The van der Waals surface area contributed by atoms with Gasteiger partial charge in [0.2, 0.25) is 23.6 Å². The van der Waals surface area contributed by atoms with Gasteiger partial charge in [0, 0.05) is 50.0 Å². The van der Waals surface area contributed by atoms with Crippen molar-refractivity contribution in [3.8, 4) is 0 Å². The molecular formula is C37H63N8O15PS. The number of imidazole rings is 1. The van der Waals surface area contributed by atoms with E-state index in [9.17, 15) is 58.2 Å². The molecule has 1 aliphatic rings. The number of H-pyrrole nitrogens is 1. The van der Waals surface area contributed by atoms with Gasteiger partial charge in [-0.05, 0) is 32.6 Å². The van der Waals surface area contributed by atoms with Crippen LogP contribution in [0, 0.1) is 17.8 Å². The second-order valence-electron chi connectivity index (χ2n) is 15.4. The summed E-state index contributed by atoms with van der Waals surface area (Å²) in [5, 5.41) is 27.6. The van der Waals surface area contributed by atoms with Gasteiger partial charge in [-0.1, -0.05) is 13.8 Å². The molecule has 8 atom stereocenters. The zero-order chi connectivity index (χ0) is 46.6. The van der Waals surface area contributed by atoms with Gasteiger partial charge in [0.05, 0.1) is 81.8 Å². The summed E-state index contributed by atoms with van der Waals surface area (Å²) >= 11 is 3.97. The fourth-order valence-electron chi connectivity index (χ4n) is 6.66. The molecule has 0 spiro atoms. The number of likely N-dealkylation sites (tertiary alicyclic amines) is 1. The molecule has 23 nitrogen and oxygen atoms in total. The molecule has 1 saturated heterocycles. The number of thiol groups is 1. The SMILES string of the molecule is CC(=O)[C@@H](CC(=O)[C@H](CO)NC(=O)[C@@H](CC(=O)[C@H](CC(C)C)NC(=O)[C@@H]1C[C@H](NO)CN1C(=O)CCOCCOCCNC(=O)[C@@H](N)CS)Cc1cnc[nH]1)C(C)OP(=O)(O)O. The maximum absolute atomic E-state index is 14.0. The Bertz CT molecular complexity index is 1670. The second kappa shape index (κ2) is 27.5. The van der Waals surface area contributed by atoms with Crippen LogP contribution in [0.4, 0.5) is 0 Å². The van der Waals surface area contributed by atoms with Gasteiger partial charge in [0.1, 0.15) is 17.9 Å². The summed E-state index contributed by atoms with van der Waals surface area (Å²) < 4.78 is 26.9. The quantitative estimate of drug-likeness (QED) is 0.0165. The summed E-state index contributed by atoms with van der Waals surface area (Å²) in [6, 6.07) is -5.14. The third kappa shape index (κ3) is 19.4. The highest BCUT2D eigenvalue weighted by Crippen LogP contribution is 2.39. The van der Waals surface area contributed by atoms with E-state index in [-0.39, 0.29) is 82.8 Å². The molecule has 1 aliphatic heterocycles. The predicted molar refractivity (Wildman–Crippen MR) is 222 cm³/mol. The van der Waals surface area contributed by atoms with Crippen molar-refractivity contribution in [1.29, 1.82) is 0 Å². The Kier molecular flexibility index (Phi) is 24.1. The van der Waals surface area contributed by atoms with Crippen molar-refractivity contribution in [1.82, 2.24) is 36.3 Å². The smallest absolute Gasteiger partial charge is 0.394 e. The van der Waals surface area contributed by atoms with E-state index >= 15 is 0 Å². The van der Waals surface area contributed by atoms with Crippen LogP contribution in [0.5, 0.6) is 0 Å². The maximum Gasteiger partial charge on any atom is 0.469 e. The van der Waals surface area contributed by atoms with Crippen molar-refractivity contribution >= 4 is 61.4 Å². The third-order valence-electron chi connectivity index (χ3n) is 9.97. The van der Waals surface area contributed by atoms with Crippen molar-refractivity contribution in [2.45, 2.75) is 103 Å². The molecule has 0 aliphatic carbocycles. The molecule has 1 unspecified atom stereocenters. The van der Waals surface area contributed by atoms with Crippen LogP contribution in [0.15, 0.2) is 12.5 Å². The van der Waals surface area contributed by atoms with Gasteiger partial charge in [-0.3, -0.25) is 38.1 Å². The first-order chi connectivity index (χ1) is 29.2. The van der Waals surface area contributed by atoms with Gasteiger partial charge in [-0.2, -0.15) is 12.6 Å². The monoisotopic (exact) mass is 922 g/mol. The predicted octanol–water partition coefficient (Wildman–Crippen LogP) is -2.06. The fraction of sp³-hybridized carbons (Fsp3) is 0.730. The Labute approximate surface area is 365 Å². The highest BCUT2D eigenvalue weighted by atomic mass is 32.1. The lowest BCUT2D eigenvalue weighted by atomic mass is 9.89. The van der Waals surface area contributed by atoms with E-state index in [2.05, 4.69) is 48.6 Å². The molecule has 1 aromatic heterocycles. The lowest BCUT2D eigenvalue weighted by Gasteiger charge is -2.28. The van der Waals surface area contributed by atoms with Crippen LogP contribution in [0.3, 0.4) is 0 Å². The van der Waals surface area contributed by atoms with E-state index < -0.39 is 110 Å². The number of Topliss-reactive ketones (excluding diaryl/α,β-unsaturated/α-hetero) is 3. The molecular weight excluding hydrogens is 859 g/mol. The van der Waals surface area contributed by atoms with E-state index in [0.717, 1.165) is 6.92 Å². The molecule has 62 heavy (non-hydrogen) atoms. The Morgan fingerprint density at radius 3 is 2.23 bits per heavy atom. The lowest BCUT2D eigenvalue weighted by Crippen LogP contribution is -2.52. The van der Waals surface area contributed by atoms with Gasteiger partial charge < -0.3 is 61.1 Å². The maximum atomic E-state index is 14.0. The first-order valence-electron chi connectivity index (χ1n) is 20.2. The molecule has 352 valence electrons. The number of aromatic amines is 1. The van der Waals surface area contributed by atoms with Gasteiger partial charge in [-0.25, -0.2) is 15.0 Å². The number of carbonyl (C=O) groups is 7. The standard InChI is InChI=1S/C37H63N8O15PS/c1-21(2)11-29(42-37(53)31-14-26(44-54)17-45(31)34(50)5-7-58-9-10-59-8-6-40-36(52)28(38)19-62)32(48)13-24(12-25-16-39-20-41-25)35(51)43-30(18-46)33(49)15-27(22(3)47)23(4)60-61(55,56)57/h16,20-21,23-24,26-31,44,46,54,62H,5-15,17-19,38H2,1-4H3,(H,39,41)(H,40,52)(H,42,53)(H,43,51)(H2,55,56,57)/t23?,24-,26+,27-,28+,29+,30+,31+/m1/s1. The van der Waals surface area contributed by atoms with Crippen molar-refractivity contribution < 1.29 is 72.2 Å². The molecule has 25 heteroatoms. The normalized spacial score (nSPS) is 18.3. The summed E-state index contributed by atoms with van der Waals surface area (Å²) in [5.41, 5.74) is 8.14. The number of aliphatic hydroxyl groups is 1. The number of ketones is 3. The van der Waals surface area contributed by atoms with Crippen LogP contribution >= 0.6 is 20.5 Å². The molecule has 0 bridgehead atoms. The number of aromatic nitrogens is 2. The summed E-state index contributed by atoms with van der Waals surface area (Å²) in [6.45, 7) is 5.79. The number of carbonyl (C=O) groups excluding carboxylic acids is 7. The summed E-state index contributed by atoms with van der Waals surface area (Å²) in [4.78, 5) is 119. The summed E-state index contributed by atoms with van der Waals surface area (Å²) in [5.74, 6) is -6.71. The number of amides is 4. The van der Waals surface area contributed by atoms with Crippen LogP contribution in [0.2, 0.25) is 0 Å². The zero-order valence-corrected chi connectivity index (χ0v) is 37.2. The van der Waals surface area contributed by atoms with E-state index in [1.54, 1.807) is 0 Å². The number of nitrogens with zero attached hydrogens (tertiary/aromatic N) is 2. The molecule has 2 rings (SSSR count). The Balaban J connectivity index is 2.11. The van der Waals surface area contributed by atoms with Crippen LogP contribution in [-0.4, -0.2) is 164 Å². The number of hydroxylamine groups is 1. The molecule has 1 fully saturated rings. The minimum atomic E-state index is -5.02. The minimum absolute atomic E-state index is 0.00375. The van der Waals surface area contributed by atoms with Crippen LogP contribution in [0.25, 0.3) is 0 Å². The lowest BCUT2D eigenvalue weighted by molar-refractivity contribution is -0.140. The van der Waals surface area contributed by atoms with E-state index in [0.29, 0.717) is 5.69 Å². The number of phosphoric acid groups is 1. The van der Waals surface area contributed by atoms with E-state index in [1.165, 1.54) is 24.3 Å². The van der Waals surface area contributed by atoms with Gasteiger partial charge in [0.25, 0.3) is 0 Å². The Morgan fingerprint density at radius 1 is 1.00 bits per heavy atom. The first kappa shape index (κ1) is 54.5.